The molecule has 1 aliphatic heterocycles. The summed E-state index contributed by atoms with van der Waals surface area (Å²) in [5.74, 6) is -0.286. The molecule has 5 nitrogen and oxygen atoms in total. The van der Waals surface area contributed by atoms with E-state index in [4.69, 9.17) is 0 Å². The number of aryl methyl sites for hydroxylation is 1. The number of pyridine rings is 1. The zero-order chi connectivity index (χ0) is 17.6. The molecule has 0 spiro atoms. The first-order chi connectivity index (χ1) is 11.9. The smallest absolute Gasteiger partial charge is 0.216 e. The SMILES string of the molecule is Cc1cc(NC2CCN(S(=O)(=O)C3CC3)CC2)c2cc(F)ccc2n1. The molecule has 2 fully saturated rings. The maximum Gasteiger partial charge on any atom is 0.216 e. The van der Waals surface area contributed by atoms with E-state index >= 15 is 0 Å². The number of rotatable bonds is 4. The molecule has 1 aromatic carbocycles. The molecule has 4 rings (SSSR count). The first kappa shape index (κ1) is 16.7. The number of nitrogens with one attached hydrogen (secondary N) is 1. The molecule has 1 saturated heterocycles. The van der Waals surface area contributed by atoms with Gasteiger partial charge in [0.1, 0.15) is 5.82 Å². The predicted molar refractivity (Wildman–Crippen MR) is 96.6 cm³/mol. The average Bonchev–Trinajstić information content (AvgIpc) is 3.41. The first-order valence-corrected chi connectivity index (χ1v) is 10.3. The minimum Gasteiger partial charge on any atom is -0.382 e. The van der Waals surface area contributed by atoms with Crippen molar-refractivity contribution in [1.29, 1.82) is 0 Å². The Morgan fingerprint density at radius 1 is 1.16 bits per heavy atom. The van der Waals surface area contributed by atoms with Crippen molar-refractivity contribution in [2.45, 2.75) is 43.9 Å². The Hall–Kier alpha value is -1.73. The summed E-state index contributed by atoms with van der Waals surface area (Å²) in [5, 5.41) is 4.10. The number of nitrogens with zero attached hydrogens (tertiary/aromatic N) is 2. The molecular formula is C18H22FN3O2S. The third kappa shape index (κ3) is 3.35. The molecule has 0 amide bonds. The van der Waals surface area contributed by atoms with E-state index in [2.05, 4.69) is 10.3 Å². The topological polar surface area (TPSA) is 62.3 Å². The third-order valence-corrected chi connectivity index (χ3v) is 7.42. The number of hydrogen-bond acceptors (Lipinski definition) is 4. The van der Waals surface area contributed by atoms with Crippen molar-refractivity contribution < 1.29 is 12.8 Å². The van der Waals surface area contributed by atoms with Crippen LogP contribution in [0, 0.1) is 12.7 Å². The lowest BCUT2D eigenvalue weighted by atomic mass is 10.1. The molecule has 1 aliphatic carbocycles. The second-order valence-electron chi connectivity index (χ2n) is 7.03. The van der Waals surface area contributed by atoms with Crippen LogP contribution in [0.2, 0.25) is 0 Å². The van der Waals surface area contributed by atoms with Gasteiger partial charge in [0.25, 0.3) is 0 Å². The standard InChI is InChI=1S/C18H22FN3O2S/c1-12-10-18(16-11-13(19)2-5-17(16)20-12)21-14-6-8-22(9-7-14)25(23,24)15-3-4-15/h2,5,10-11,14-15H,3-4,6-9H2,1H3,(H,20,21). The monoisotopic (exact) mass is 363 g/mol. The quantitative estimate of drug-likeness (QED) is 0.907. The fraction of sp³-hybridized carbons (Fsp3) is 0.500. The zero-order valence-corrected chi connectivity index (χ0v) is 15.0. The molecule has 0 bridgehead atoms. The molecule has 134 valence electrons. The van der Waals surface area contributed by atoms with Gasteiger partial charge < -0.3 is 5.32 Å². The van der Waals surface area contributed by atoms with E-state index < -0.39 is 10.0 Å². The summed E-state index contributed by atoms with van der Waals surface area (Å²) in [6.45, 7) is 3.01. The van der Waals surface area contributed by atoms with Gasteiger partial charge in [0.05, 0.1) is 10.8 Å². The molecule has 0 radical (unpaired) electrons. The van der Waals surface area contributed by atoms with Gasteiger partial charge >= 0.3 is 0 Å². The van der Waals surface area contributed by atoms with Crippen molar-refractivity contribution >= 4 is 26.6 Å². The molecule has 1 aromatic heterocycles. The van der Waals surface area contributed by atoms with Gasteiger partial charge in [-0.25, -0.2) is 17.1 Å². The van der Waals surface area contributed by atoms with Crippen LogP contribution in [0.25, 0.3) is 10.9 Å². The number of fused-ring (bicyclic) bond motifs is 1. The van der Waals surface area contributed by atoms with E-state index in [0.717, 1.165) is 48.0 Å². The van der Waals surface area contributed by atoms with E-state index in [-0.39, 0.29) is 17.1 Å². The summed E-state index contributed by atoms with van der Waals surface area (Å²) in [7, 11) is -3.09. The second kappa shape index (κ2) is 6.21. The summed E-state index contributed by atoms with van der Waals surface area (Å²) in [6, 6.07) is 6.71. The minimum absolute atomic E-state index is 0.147. The largest absolute Gasteiger partial charge is 0.382 e. The highest BCUT2D eigenvalue weighted by molar-refractivity contribution is 7.90. The van der Waals surface area contributed by atoms with Gasteiger partial charge in [0.2, 0.25) is 10.0 Å². The fourth-order valence-electron chi connectivity index (χ4n) is 3.50. The molecule has 1 saturated carbocycles. The average molecular weight is 363 g/mol. The minimum atomic E-state index is -3.09. The molecule has 2 heterocycles. The fourth-order valence-corrected chi connectivity index (χ4v) is 5.37. The first-order valence-electron chi connectivity index (χ1n) is 8.76. The molecular weight excluding hydrogens is 341 g/mol. The molecule has 7 heteroatoms. The lowest BCUT2D eigenvalue weighted by Gasteiger charge is -2.32. The third-order valence-electron chi connectivity index (χ3n) is 5.02. The summed E-state index contributed by atoms with van der Waals surface area (Å²) in [4.78, 5) is 4.45. The summed E-state index contributed by atoms with van der Waals surface area (Å²) in [5.41, 5.74) is 2.50. The summed E-state index contributed by atoms with van der Waals surface area (Å²) >= 11 is 0. The molecule has 0 atom stereocenters. The Kier molecular flexibility index (Phi) is 4.16. The van der Waals surface area contributed by atoms with Crippen LogP contribution in [-0.2, 0) is 10.0 Å². The van der Waals surface area contributed by atoms with Crippen molar-refractivity contribution in [3.63, 3.8) is 0 Å². The van der Waals surface area contributed by atoms with Crippen molar-refractivity contribution in [2.75, 3.05) is 18.4 Å². The van der Waals surface area contributed by atoms with E-state index in [1.54, 1.807) is 10.4 Å². The van der Waals surface area contributed by atoms with Crippen LogP contribution in [0.3, 0.4) is 0 Å². The lowest BCUT2D eigenvalue weighted by Crippen LogP contribution is -2.43. The Labute approximate surface area is 147 Å². The maximum atomic E-state index is 13.6. The van der Waals surface area contributed by atoms with Crippen LogP contribution in [0.5, 0.6) is 0 Å². The highest BCUT2D eigenvalue weighted by atomic mass is 32.2. The Morgan fingerprint density at radius 3 is 2.56 bits per heavy atom. The van der Waals surface area contributed by atoms with Crippen LogP contribution < -0.4 is 5.32 Å². The number of benzene rings is 1. The molecule has 1 N–H and O–H groups in total. The van der Waals surface area contributed by atoms with Gasteiger partial charge in [-0.1, -0.05) is 0 Å². The summed E-state index contributed by atoms with van der Waals surface area (Å²) < 4.78 is 39.9. The van der Waals surface area contributed by atoms with Crippen LogP contribution in [0.15, 0.2) is 24.3 Å². The number of hydrogen-bond donors (Lipinski definition) is 1. The number of piperidine rings is 1. The highest BCUT2D eigenvalue weighted by Crippen LogP contribution is 2.33. The van der Waals surface area contributed by atoms with Crippen molar-refractivity contribution in [2.24, 2.45) is 0 Å². The van der Waals surface area contributed by atoms with Gasteiger partial charge in [0, 0.05) is 35.9 Å². The molecule has 2 aromatic rings. The highest BCUT2D eigenvalue weighted by Gasteiger charge is 2.41. The normalized spacial score (nSPS) is 20.1. The van der Waals surface area contributed by atoms with E-state index in [1.807, 2.05) is 13.0 Å². The van der Waals surface area contributed by atoms with Crippen molar-refractivity contribution in [1.82, 2.24) is 9.29 Å². The van der Waals surface area contributed by atoms with Gasteiger partial charge in [-0.2, -0.15) is 0 Å². The number of sulfonamides is 1. The molecule has 2 aliphatic rings. The van der Waals surface area contributed by atoms with E-state index in [0.29, 0.717) is 13.1 Å². The van der Waals surface area contributed by atoms with Gasteiger partial charge in [0.15, 0.2) is 0 Å². The number of anilines is 1. The van der Waals surface area contributed by atoms with Crippen molar-refractivity contribution in [3.05, 3.63) is 35.8 Å². The number of halogens is 1. The van der Waals surface area contributed by atoms with E-state index in [1.165, 1.54) is 12.1 Å². The Morgan fingerprint density at radius 2 is 1.88 bits per heavy atom. The molecule has 0 unspecified atom stereocenters. The summed E-state index contributed by atoms with van der Waals surface area (Å²) in [6.07, 6.45) is 3.11. The van der Waals surface area contributed by atoms with Gasteiger partial charge in [-0.05, 0) is 56.9 Å². The number of aromatic nitrogens is 1. The lowest BCUT2D eigenvalue weighted by molar-refractivity contribution is 0.329. The molecule has 25 heavy (non-hydrogen) atoms. The second-order valence-corrected chi connectivity index (χ2v) is 9.25. The van der Waals surface area contributed by atoms with E-state index in [9.17, 15) is 12.8 Å². The maximum absolute atomic E-state index is 13.6. The van der Waals surface area contributed by atoms with Crippen LogP contribution in [0.1, 0.15) is 31.4 Å². The van der Waals surface area contributed by atoms with Gasteiger partial charge in [-0.15, -0.1) is 0 Å². The predicted octanol–water partition coefficient (Wildman–Crippen LogP) is 3.05. The van der Waals surface area contributed by atoms with Crippen LogP contribution in [0.4, 0.5) is 10.1 Å². The Balaban J connectivity index is 1.50. The van der Waals surface area contributed by atoms with Crippen molar-refractivity contribution in [3.8, 4) is 0 Å². The van der Waals surface area contributed by atoms with Gasteiger partial charge in [-0.3, -0.25) is 4.98 Å². The van der Waals surface area contributed by atoms with Crippen LogP contribution in [-0.4, -0.2) is 42.1 Å². The zero-order valence-electron chi connectivity index (χ0n) is 14.2. The van der Waals surface area contributed by atoms with Crippen LogP contribution >= 0.6 is 0 Å². The Bertz CT molecular complexity index is 904.